The van der Waals surface area contributed by atoms with Crippen LogP contribution in [-0.4, -0.2) is 31.2 Å². The Balaban J connectivity index is 1.20. The van der Waals surface area contributed by atoms with Gasteiger partial charge < -0.3 is 13.9 Å². The molecule has 0 spiro atoms. The van der Waals surface area contributed by atoms with Crippen LogP contribution in [0.3, 0.4) is 0 Å². The molecule has 0 radical (unpaired) electrons. The third kappa shape index (κ3) is 6.56. The Kier molecular flexibility index (Phi) is 8.01. The lowest BCUT2D eigenvalue weighted by molar-refractivity contribution is -0.345. The number of aromatic nitrogens is 1. The minimum Gasteiger partial charge on any atom is -0.482 e. The molecule has 10 heteroatoms. The molecule has 198 valence electrons. The van der Waals surface area contributed by atoms with E-state index in [9.17, 15) is 18.0 Å². The molecule has 3 heterocycles. The van der Waals surface area contributed by atoms with Gasteiger partial charge in [0.05, 0.1) is 30.7 Å². The lowest BCUT2D eigenvalue weighted by Crippen LogP contribution is -2.35. The lowest BCUT2D eigenvalue weighted by atomic mass is 10.1. The zero-order valence-electron chi connectivity index (χ0n) is 20.4. The highest BCUT2D eigenvalue weighted by molar-refractivity contribution is 7.98. The van der Waals surface area contributed by atoms with E-state index in [1.807, 2.05) is 30.3 Å². The summed E-state index contributed by atoms with van der Waals surface area (Å²) >= 11 is 1.54. The van der Waals surface area contributed by atoms with Gasteiger partial charge in [-0.2, -0.15) is 13.2 Å². The van der Waals surface area contributed by atoms with Crippen molar-refractivity contribution in [3.05, 3.63) is 99.7 Å². The molecule has 0 atom stereocenters. The standard InChI is InChI=1S/C28H25F3N2O4S/c29-28(30,31)21-4-5-23-24(13-21)32-7-6-27(23)38-18-20-3-1-2-19(12-20)16-37-26-17-36-22(14-25(26)34)15-33-8-10-35-11-9-33/h1-7,12-14,17H,8-11,15-16,18H2/p+1. The summed E-state index contributed by atoms with van der Waals surface area (Å²) < 4.78 is 55.9. The Hall–Kier alpha value is -3.34. The topological polar surface area (TPSA) is 66.1 Å². The number of hydrogen-bond donors (Lipinski definition) is 0. The lowest BCUT2D eigenvalue weighted by Gasteiger charge is -2.25. The van der Waals surface area contributed by atoms with Crippen LogP contribution in [0.15, 0.2) is 81.2 Å². The number of halogens is 3. The first-order valence-electron chi connectivity index (χ1n) is 12.1. The van der Waals surface area contributed by atoms with Crippen molar-refractivity contribution < 1.29 is 32.0 Å². The Bertz CT molecular complexity index is 1470. The van der Waals surface area contributed by atoms with Crippen molar-refractivity contribution >= 4 is 22.7 Å². The number of thioether (sulfide) groups is 1. The van der Waals surface area contributed by atoms with Crippen LogP contribution in [0.4, 0.5) is 13.2 Å². The van der Waals surface area contributed by atoms with Gasteiger partial charge in [0.25, 0.3) is 0 Å². The summed E-state index contributed by atoms with van der Waals surface area (Å²) in [5.41, 5.74) is 1.43. The molecule has 1 aliphatic rings. The van der Waals surface area contributed by atoms with E-state index in [4.69, 9.17) is 13.9 Å². The summed E-state index contributed by atoms with van der Waals surface area (Å²) in [4.78, 5) is 18.5. The summed E-state index contributed by atoms with van der Waals surface area (Å²) in [5, 5.41) is 0.730. The van der Waals surface area contributed by atoms with Crippen molar-refractivity contribution in [1.82, 2.24) is 4.90 Å². The Labute approximate surface area is 221 Å². The van der Waals surface area contributed by atoms with Gasteiger partial charge in [0.1, 0.15) is 18.6 Å². The molecule has 5 rings (SSSR count). The summed E-state index contributed by atoms with van der Waals surface area (Å²) in [7, 11) is 0. The first kappa shape index (κ1) is 26.3. The number of morpholine rings is 1. The van der Waals surface area contributed by atoms with Crippen LogP contribution in [-0.2, 0) is 29.8 Å². The minimum absolute atomic E-state index is 0.153. The zero-order valence-corrected chi connectivity index (χ0v) is 21.2. The second-order valence-corrected chi connectivity index (χ2v) is 9.98. The molecule has 4 aromatic rings. The fourth-order valence-electron chi connectivity index (χ4n) is 4.22. The van der Waals surface area contributed by atoms with Gasteiger partial charge in [-0.1, -0.05) is 24.3 Å². The van der Waals surface area contributed by atoms with Crippen LogP contribution in [0.25, 0.3) is 10.9 Å². The average Bonchev–Trinajstić information content (AvgIpc) is 2.91. The Morgan fingerprint density at radius 1 is 1.03 bits per heavy atom. The number of pyridine rings is 1. The van der Waals surface area contributed by atoms with Crippen LogP contribution in [0.5, 0.6) is 5.75 Å². The minimum atomic E-state index is -4.39. The fraction of sp³-hybridized carbons (Fsp3) is 0.286. The van der Waals surface area contributed by atoms with Crippen molar-refractivity contribution in [2.75, 3.05) is 26.3 Å². The molecule has 0 bridgehead atoms. The number of nitrogens with zero attached hydrogens (tertiary/aromatic N) is 1. The summed E-state index contributed by atoms with van der Waals surface area (Å²) in [6, 6.07) is 14.8. The van der Waals surface area contributed by atoms with E-state index < -0.39 is 11.7 Å². The van der Waals surface area contributed by atoms with Crippen LogP contribution >= 0.6 is 11.8 Å². The van der Waals surface area contributed by atoms with Crippen molar-refractivity contribution in [1.29, 1.82) is 0 Å². The van der Waals surface area contributed by atoms with Crippen LogP contribution in [0, 0.1) is 0 Å². The molecular formula is C28H26F3N2O4S+. The number of fused-ring (bicyclic) bond motifs is 1. The van der Waals surface area contributed by atoms with Gasteiger partial charge in [0.15, 0.2) is 6.20 Å². The molecule has 38 heavy (non-hydrogen) atoms. The molecule has 0 aliphatic carbocycles. The predicted octanol–water partition coefficient (Wildman–Crippen LogP) is 5.33. The van der Waals surface area contributed by atoms with Crippen molar-refractivity contribution in [2.24, 2.45) is 0 Å². The van der Waals surface area contributed by atoms with E-state index in [1.54, 1.807) is 6.20 Å². The third-order valence-electron chi connectivity index (χ3n) is 6.20. The molecule has 2 aromatic heterocycles. The van der Waals surface area contributed by atoms with E-state index in [2.05, 4.69) is 9.88 Å². The molecular weight excluding hydrogens is 517 g/mol. The molecule has 0 unspecified atom stereocenters. The highest BCUT2D eigenvalue weighted by Crippen LogP contribution is 2.34. The molecule has 0 saturated carbocycles. The molecule has 1 fully saturated rings. The largest absolute Gasteiger partial charge is 0.482 e. The summed E-state index contributed by atoms with van der Waals surface area (Å²) in [6.07, 6.45) is -1.38. The molecule has 1 saturated heterocycles. The second-order valence-electron chi connectivity index (χ2n) is 8.96. The van der Waals surface area contributed by atoms with E-state index in [0.29, 0.717) is 36.8 Å². The number of nitrogens with one attached hydrogen (secondary N) is 1. The van der Waals surface area contributed by atoms with E-state index in [1.165, 1.54) is 30.2 Å². The van der Waals surface area contributed by atoms with Crippen molar-refractivity contribution in [3.63, 3.8) is 0 Å². The van der Waals surface area contributed by atoms with Gasteiger partial charge in [-0.25, -0.2) is 4.98 Å². The predicted molar refractivity (Wildman–Crippen MR) is 137 cm³/mol. The van der Waals surface area contributed by atoms with Crippen LogP contribution in [0.1, 0.15) is 22.5 Å². The third-order valence-corrected chi connectivity index (χ3v) is 7.35. The number of H-pyrrole nitrogens is 1. The maximum absolute atomic E-state index is 13.1. The molecule has 1 N–H and O–H groups in total. The number of aromatic amines is 1. The maximum atomic E-state index is 13.1. The van der Waals surface area contributed by atoms with E-state index >= 15 is 0 Å². The number of rotatable bonds is 8. The quantitative estimate of drug-likeness (QED) is 0.280. The number of hydrogen-bond acceptors (Lipinski definition) is 6. The first-order chi connectivity index (χ1) is 18.3. The molecule has 2 aromatic carbocycles. The smallest absolute Gasteiger partial charge is 0.416 e. The zero-order chi connectivity index (χ0) is 26.5. The molecule has 0 amide bonds. The van der Waals surface area contributed by atoms with E-state index in [-0.39, 0.29) is 17.8 Å². The van der Waals surface area contributed by atoms with Gasteiger partial charge in [-0.15, -0.1) is 11.8 Å². The van der Waals surface area contributed by atoms with Crippen molar-refractivity contribution in [3.8, 4) is 5.75 Å². The van der Waals surface area contributed by atoms with Gasteiger partial charge in [-0.3, -0.25) is 9.69 Å². The Morgan fingerprint density at radius 3 is 2.63 bits per heavy atom. The van der Waals surface area contributed by atoms with Gasteiger partial charge >= 0.3 is 6.18 Å². The molecule has 6 nitrogen and oxygen atoms in total. The monoisotopic (exact) mass is 543 g/mol. The molecule has 1 aliphatic heterocycles. The summed E-state index contributed by atoms with van der Waals surface area (Å²) in [6.45, 7) is 3.70. The van der Waals surface area contributed by atoms with Gasteiger partial charge in [0.2, 0.25) is 16.7 Å². The SMILES string of the molecule is O=c1cc(CN2CCOCC2)occ1OCc1cccc(CSc2cc[nH+]c3cc(C(F)(F)F)ccc23)c1. The Morgan fingerprint density at radius 2 is 1.84 bits per heavy atom. The normalized spacial score (nSPS) is 14.6. The first-order valence-corrected chi connectivity index (χ1v) is 13.1. The van der Waals surface area contributed by atoms with E-state index in [0.717, 1.165) is 46.6 Å². The van der Waals surface area contributed by atoms with Gasteiger partial charge in [0, 0.05) is 41.9 Å². The number of benzene rings is 2. The van der Waals surface area contributed by atoms with Crippen LogP contribution < -0.4 is 15.1 Å². The fourth-order valence-corrected chi connectivity index (χ4v) is 5.21. The average molecular weight is 544 g/mol. The maximum Gasteiger partial charge on any atom is 0.416 e. The van der Waals surface area contributed by atoms with Gasteiger partial charge in [-0.05, 0) is 23.3 Å². The highest BCUT2D eigenvalue weighted by atomic mass is 32.2. The summed E-state index contributed by atoms with van der Waals surface area (Å²) in [5.74, 6) is 1.36. The second kappa shape index (κ2) is 11.6. The number of alkyl halides is 3. The van der Waals surface area contributed by atoms with Crippen LogP contribution in [0.2, 0.25) is 0 Å². The van der Waals surface area contributed by atoms with Crippen molar-refractivity contribution in [2.45, 2.75) is 30.0 Å². The highest BCUT2D eigenvalue weighted by Gasteiger charge is 2.31. The number of ether oxygens (including phenoxy) is 2.